The van der Waals surface area contributed by atoms with Crippen LogP contribution in [-0.2, 0) is 0 Å². The van der Waals surface area contributed by atoms with Gasteiger partial charge >= 0.3 is 0 Å². The first-order chi connectivity index (χ1) is 26.8. The number of hydrogen-bond donors (Lipinski definition) is 0. The van der Waals surface area contributed by atoms with Crippen LogP contribution in [0.25, 0.3) is 109 Å². The Hall–Kier alpha value is -7.02. The minimum absolute atomic E-state index is 1.21. The number of benzene rings is 11. The predicted octanol–water partition coefficient (Wildman–Crippen LogP) is 15.3. The quantitative estimate of drug-likeness (QED) is 0.162. The standard InChI is InChI=1S/C54H34/c1-5-20-43-35(12-1)16-10-24-45(43)41-26-28-49-47-22-7-3-14-39(47)31-51(53(49)33-41)37-18-9-19-38(30-37)52-32-40-15-4-8-23-48(40)50-29-27-42(34-54(50)52)46-25-11-17-36-13-2-6-21-44(36)46/h1-34H. The Morgan fingerprint density at radius 1 is 0.167 bits per heavy atom. The lowest BCUT2D eigenvalue weighted by Crippen LogP contribution is -1.89. The Bertz CT molecular complexity index is 3050. The van der Waals surface area contributed by atoms with E-state index in [9.17, 15) is 0 Å². The van der Waals surface area contributed by atoms with Gasteiger partial charge in [-0.25, -0.2) is 0 Å². The van der Waals surface area contributed by atoms with Crippen molar-refractivity contribution in [2.75, 3.05) is 0 Å². The van der Waals surface area contributed by atoms with Gasteiger partial charge in [0.05, 0.1) is 0 Å². The van der Waals surface area contributed by atoms with Gasteiger partial charge in [0.2, 0.25) is 0 Å². The summed E-state index contributed by atoms with van der Waals surface area (Å²) in [4.78, 5) is 0. The Morgan fingerprint density at radius 2 is 0.537 bits per heavy atom. The molecule has 0 bridgehead atoms. The highest BCUT2D eigenvalue weighted by Gasteiger charge is 2.15. The molecular weight excluding hydrogens is 649 g/mol. The van der Waals surface area contributed by atoms with E-state index in [1.807, 2.05) is 0 Å². The second kappa shape index (κ2) is 12.3. The molecule has 0 amide bonds. The van der Waals surface area contributed by atoms with Crippen molar-refractivity contribution in [3.05, 3.63) is 206 Å². The van der Waals surface area contributed by atoms with Crippen LogP contribution in [0.3, 0.4) is 0 Å². The molecular formula is C54H34. The van der Waals surface area contributed by atoms with E-state index in [2.05, 4.69) is 206 Å². The molecule has 54 heavy (non-hydrogen) atoms. The van der Waals surface area contributed by atoms with E-state index in [0.717, 1.165) is 0 Å². The fraction of sp³-hybridized carbons (Fsp3) is 0. The molecule has 0 spiro atoms. The highest BCUT2D eigenvalue weighted by atomic mass is 14.2. The van der Waals surface area contributed by atoms with Crippen molar-refractivity contribution in [1.82, 2.24) is 0 Å². The monoisotopic (exact) mass is 682 g/mol. The smallest absolute Gasteiger partial charge is 0.00928 e. The topological polar surface area (TPSA) is 0 Å². The fourth-order valence-corrected chi connectivity index (χ4v) is 8.83. The first-order valence-corrected chi connectivity index (χ1v) is 18.7. The van der Waals surface area contributed by atoms with Gasteiger partial charge in [0.1, 0.15) is 0 Å². The minimum Gasteiger partial charge on any atom is -0.0616 e. The van der Waals surface area contributed by atoms with Gasteiger partial charge in [0.25, 0.3) is 0 Å². The van der Waals surface area contributed by atoms with Gasteiger partial charge < -0.3 is 0 Å². The average molecular weight is 683 g/mol. The molecule has 0 atom stereocenters. The molecule has 0 aromatic heterocycles. The Kier molecular flexibility index (Phi) is 6.97. The first-order valence-electron chi connectivity index (χ1n) is 18.7. The van der Waals surface area contributed by atoms with Crippen molar-refractivity contribution >= 4 is 64.6 Å². The van der Waals surface area contributed by atoms with Crippen LogP contribution in [0.15, 0.2) is 206 Å². The molecule has 0 fully saturated rings. The number of rotatable bonds is 4. The van der Waals surface area contributed by atoms with Gasteiger partial charge in [-0.15, -0.1) is 0 Å². The third kappa shape index (κ3) is 4.92. The van der Waals surface area contributed by atoms with E-state index in [0.29, 0.717) is 0 Å². The molecule has 0 saturated carbocycles. The van der Waals surface area contributed by atoms with Gasteiger partial charge in [-0.3, -0.25) is 0 Å². The maximum absolute atomic E-state index is 2.41. The number of hydrogen-bond acceptors (Lipinski definition) is 0. The van der Waals surface area contributed by atoms with E-state index in [1.54, 1.807) is 0 Å². The summed E-state index contributed by atoms with van der Waals surface area (Å²) in [6.07, 6.45) is 0. The SMILES string of the molecule is c1cc(-c2cc3ccccc3c3ccc(-c4cccc5ccccc45)cc23)cc(-c2cc3ccccc3c3ccc(-c4cccc5ccccc45)cc23)c1. The van der Waals surface area contributed by atoms with Crippen molar-refractivity contribution < 1.29 is 0 Å². The zero-order chi connectivity index (χ0) is 35.6. The molecule has 250 valence electrons. The van der Waals surface area contributed by atoms with E-state index in [4.69, 9.17) is 0 Å². The highest BCUT2D eigenvalue weighted by Crippen LogP contribution is 2.42. The van der Waals surface area contributed by atoms with Crippen LogP contribution in [0.5, 0.6) is 0 Å². The molecule has 0 heteroatoms. The first kappa shape index (κ1) is 30.6. The molecule has 0 heterocycles. The summed E-state index contributed by atoms with van der Waals surface area (Å²) >= 11 is 0. The van der Waals surface area contributed by atoms with E-state index < -0.39 is 0 Å². The lowest BCUT2D eigenvalue weighted by Gasteiger charge is -2.16. The second-order valence-corrected chi connectivity index (χ2v) is 14.4. The maximum Gasteiger partial charge on any atom is -0.00928 e. The largest absolute Gasteiger partial charge is 0.0616 e. The van der Waals surface area contributed by atoms with Crippen LogP contribution in [0, 0.1) is 0 Å². The van der Waals surface area contributed by atoms with Crippen LogP contribution in [0.1, 0.15) is 0 Å². The molecule has 0 radical (unpaired) electrons. The lowest BCUT2D eigenvalue weighted by molar-refractivity contribution is 1.63. The molecule has 11 aromatic rings. The second-order valence-electron chi connectivity index (χ2n) is 14.4. The fourth-order valence-electron chi connectivity index (χ4n) is 8.83. The molecule has 11 aromatic carbocycles. The van der Waals surface area contributed by atoms with E-state index in [1.165, 1.54) is 109 Å². The van der Waals surface area contributed by atoms with Crippen molar-refractivity contribution in [2.24, 2.45) is 0 Å². The summed E-state index contributed by atoms with van der Waals surface area (Å²) in [7, 11) is 0. The van der Waals surface area contributed by atoms with Crippen LogP contribution in [-0.4, -0.2) is 0 Å². The van der Waals surface area contributed by atoms with Crippen molar-refractivity contribution in [1.29, 1.82) is 0 Å². The zero-order valence-corrected chi connectivity index (χ0v) is 29.6. The lowest BCUT2D eigenvalue weighted by atomic mass is 9.87. The summed E-state index contributed by atoms with van der Waals surface area (Å²) in [5, 5.41) is 15.2. The van der Waals surface area contributed by atoms with Gasteiger partial charge in [-0.05, 0) is 139 Å². The van der Waals surface area contributed by atoms with Crippen LogP contribution >= 0.6 is 0 Å². The molecule has 0 nitrogen and oxygen atoms in total. The molecule has 0 aliphatic rings. The molecule has 0 aliphatic carbocycles. The van der Waals surface area contributed by atoms with Crippen LogP contribution in [0.4, 0.5) is 0 Å². The van der Waals surface area contributed by atoms with Gasteiger partial charge in [0.15, 0.2) is 0 Å². The Labute approximate surface area is 314 Å². The molecule has 0 unspecified atom stereocenters. The third-order valence-electron chi connectivity index (χ3n) is 11.4. The van der Waals surface area contributed by atoms with E-state index in [-0.39, 0.29) is 0 Å². The van der Waals surface area contributed by atoms with Gasteiger partial charge in [-0.1, -0.05) is 176 Å². The van der Waals surface area contributed by atoms with Gasteiger partial charge in [0, 0.05) is 0 Å². The predicted molar refractivity (Wildman–Crippen MR) is 233 cm³/mol. The van der Waals surface area contributed by atoms with Crippen LogP contribution in [0.2, 0.25) is 0 Å². The van der Waals surface area contributed by atoms with Crippen molar-refractivity contribution in [3.8, 4) is 44.5 Å². The third-order valence-corrected chi connectivity index (χ3v) is 11.4. The summed E-state index contributed by atoms with van der Waals surface area (Å²) < 4.78 is 0. The molecule has 11 rings (SSSR count). The number of fused-ring (bicyclic) bond motifs is 8. The summed E-state index contributed by atoms with van der Waals surface area (Å²) in [6, 6.07) is 76.3. The summed E-state index contributed by atoms with van der Waals surface area (Å²) in [5.41, 5.74) is 9.89. The average Bonchev–Trinajstić information content (AvgIpc) is 3.25. The normalized spacial score (nSPS) is 11.7. The van der Waals surface area contributed by atoms with Crippen molar-refractivity contribution in [3.63, 3.8) is 0 Å². The molecule has 0 aliphatic heterocycles. The Balaban J connectivity index is 1.14. The van der Waals surface area contributed by atoms with Gasteiger partial charge in [-0.2, -0.15) is 0 Å². The minimum atomic E-state index is 1.21. The summed E-state index contributed by atoms with van der Waals surface area (Å²) in [6.45, 7) is 0. The van der Waals surface area contributed by atoms with E-state index >= 15 is 0 Å². The zero-order valence-electron chi connectivity index (χ0n) is 29.6. The highest BCUT2D eigenvalue weighted by molar-refractivity contribution is 6.17. The summed E-state index contributed by atoms with van der Waals surface area (Å²) in [5.74, 6) is 0. The Morgan fingerprint density at radius 3 is 1.02 bits per heavy atom. The maximum atomic E-state index is 2.41. The van der Waals surface area contributed by atoms with Crippen LogP contribution < -0.4 is 0 Å². The molecule has 0 saturated heterocycles. The molecule has 0 N–H and O–H groups in total. The van der Waals surface area contributed by atoms with Crippen molar-refractivity contribution in [2.45, 2.75) is 0 Å².